The number of methoxy groups -OCH3 is 1. The Morgan fingerprint density at radius 3 is 2.71 bits per heavy atom. The number of fused-ring (bicyclic) bond motifs is 1. The lowest BCUT2D eigenvalue weighted by molar-refractivity contribution is 0.285. The monoisotopic (exact) mass is 459 g/mol. The third-order valence-electron chi connectivity index (χ3n) is 4.63. The molecular formula is C21H19Cl2N5O3. The van der Waals surface area contributed by atoms with E-state index in [4.69, 9.17) is 32.7 Å². The van der Waals surface area contributed by atoms with Gasteiger partial charge in [0, 0.05) is 42.8 Å². The summed E-state index contributed by atoms with van der Waals surface area (Å²) in [4.78, 5) is 23.2. The molecule has 1 aromatic carbocycles. The maximum absolute atomic E-state index is 12.4. The van der Waals surface area contributed by atoms with Crippen LogP contribution in [0, 0.1) is 0 Å². The molecule has 0 amide bonds. The predicted octanol–water partition coefficient (Wildman–Crippen LogP) is 4.65. The molecule has 2 N–H and O–H groups in total. The topological polar surface area (TPSA) is 94.1 Å². The van der Waals surface area contributed by atoms with E-state index in [0.29, 0.717) is 50.4 Å². The summed E-state index contributed by atoms with van der Waals surface area (Å²) in [5, 5.41) is 4.54. The first-order chi connectivity index (χ1) is 15.1. The fourth-order valence-electron chi connectivity index (χ4n) is 3.19. The first kappa shape index (κ1) is 21.0. The van der Waals surface area contributed by atoms with Gasteiger partial charge in [0.2, 0.25) is 0 Å². The van der Waals surface area contributed by atoms with Crippen molar-refractivity contribution in [3.63, 3.8) is 0 Å². The number of benzene rings is 1. The van der Waals surface area contributed by atoms with Crippen LogP contribution in [0.15, 0.2) is 54.1 Å². The fourth-order valence-corrected chi connectivity index (χ4v) is 3.65. The number of hydrogen-bond acceptors (Lipinski definition) is 6. The van der Waals surface area contributed by atoms with Gasteiger partial charge in [0.05, 0.1) is 47.0 Å². The molecule has 3 heterocycles. The Hall–Kier alpha value is -3.23. The number of ether oxygens (including phenoxy) is 2. The Morgan fingerprint density at radius 1 is 1.19 bits per heavy atom. The van der Waals surface area contributed by atoms with E-state index in [9.17, 15) is 4.79 Å². The van der Waals surface area contributed by atoms with E-state index in [1.54, 1.807) is 25.7 Å². The Labute approximate surface area is 187 Å². The number of nitrogens with zero attached hydrogens (tertiary/aromatic N) is 3. The average Bonchev–Trinajstić information content (AvgIpc) is 3.27. The van der Waals surface area contributed by atoms with Gasteiger partial charge in [-0.05, 0) is 18.6 Å². The third-order valence-corrected chi connectivity index (χ3v) is 5.21. The van der Waals surface area contributed by atoms with Gasteiger partial charge in [-0.3, -0.25) is 9.78 Å². The van der Waals surface area contributed by atoms with Crippen LogP contribution < -0.4 is 20.3 Å². The molecule has 0 saturated carbocycles. The molecule has 0 atom stereocenters. The molecule has 0 fully saturated rings. The molecule has 0 aliphatic carbocycles. The van der Waals surface area contributed by atoms with Gasteiger partial charge in [0.25, 0.3) is 5.56 Å². The number of aryl methyl sites for hydroxylation is 1. The maximum atomic E-state index is 12.4. The van der Waals surface area contributed by atoms with Crippen LogP contribution in [-0.2, 0) is 6.54 Å². The zero-order valence-corrected chi connectivity index (χ0v) is 18.1. The number of halogens is 2. The van der Waals surface area contributed by atoms with Gasteiger partial charge in [0.15, 0.2) is 11.5 Å². The lowest BCUT2D eigenvalue weighted by atomic mass is 10.1. The molecule has 0 bridgehead atoms. The van der Waals surface area contributed by atoms with Gasteiger partial charge in [0.1, 0.15) is 0 Å². The summed E-state index contributed by atoms with van der Waals surface area (Å²) in [6.07, 6.45) is 9.08. The van der Waals surface area contributed by atoms with Crippen molar-refractivity contribution in [1.29, 1.82) is 0 Å². The van der Waals surface area contributed by atoms with Crippen molar-refractivity contribution < 1.29 is 9.47 Å². The fraction of sp³-hybridized carbons (Fsp3) is 0.190. The Morgan fingerprint density at radius 2 is 2.00 bits per heavy atom. The van der Waals surface area contributed by atoms with Crippen LogP contribution in [0.4, 0.5) is 11.4 Å². The van der Waals surface area contributed by atoms with Crippen LogP contribution in [0.2, 0.25) is 10.0 Å². The van der Waals surface area contributed by atoms with Crippen molar-refractivity contribution in [1.82, 2.24) is 19.5 Å². The zero-order valence-electron chi connectivity index (χ0n) is 16.6. The van der Waals surface area contributed by atoms with E-state index in [0.717, 1.165) is 13.0 Å². The number of anilines is 2. The Balaban J connectivity index is 1.68. The number of aromatic amines is 1. The average molecular weight is 460 g/mol. The largest absolute Gasteiger partial charge is 0.493 e. The Kier molecular flexibility index (Phi) is 6.29. The number of aromatic nitrogens is 4. The van der Waals surface area contributed by atoms with Gasteiger partial charge < -0.3 is 24.3 Å². The number of pyridine rings is 2. The van der Waals surface area contributed by atoms with Crippen LogP contribution in [0.25, 0.3) is 10.9 Å². The highest BCUT2D eigenvalue weighted by Gasteiger charge is 2.16. The normalized spacial score (nSPS) is 10.9. The molecule has 0 unspecified atom stereocenters. The van der Waals surface area contributed by atoms with E-state index in [-0.39, 0.29) is 5.56 Å². The van der Waals surface area contributed by atoms with Crippen LogP contribution in [0.5, 0.6) is 11.5 Å². The smallest absolute Gasteiger partial charge is 0.250 e. The molecule has 8 nitrogen and oxygen atoms in total. The maximum Gasteiger partial charge on any atom is 0.250 e. The molecule has 3 aromatic heterocycles. The number of hydrogen-bond donors (Lipinski definition) is 2. The van der Waals surface area contributed by atoms with Crippen molar-refractivity contribution >= 4 is 45.5 Å². The van der Waals surface area contributed by atoms with Crippen molar-refractivity contribution in [3.05, 3.63) is 69.7 Å². The van der Waals surface area contributed by atoms with Crippen molar-refractivity contribution in [2.45, 2.75) is 13.0 Å². The van der Waals surface area contributed by atoms with Crippen molar-refractivity contribution in [2.75, 3.05) is 19.0 Å². The molecule has 0 spiro atoms. The highest BCUT2D eigenvalue weighted by molar-refractivity contribution is 6.39. The SMILES string of the molecule is COc1ccc2c(Nc3c(Cl)cncc3Cl)cc(=O)[nH]c2c1OCCCn1ccnc1. The third kappa shape index (κ3) is 4.60. The van der Waals surface area contributed by atoms with E-state index < -0.39 is 0 Å². The number of rotatable bonds is 8. The Bertz CT molecular complexity index is 1240. The van der Waals surface area contributed by atoms with Crippen LogP contribution in [0.3, 0.4) is 0 Å². The molecular weight excluding hydrogens is 441 g/mol. The predicted molar refractivity (Wildman–Crippen MR) is 121 cm³/mol. The molecule has 31 heavy (non-hydrogen) atoms. The lowest BCUT2D eigenvalue weighted by Crippen LogP contribution is -2.10. The summed E-state index contributed by atoms with van der Waals surface area (Å²) < 4.78 is 13.5. The molecule has 0 saturated heterocycles. The van der Waals surface area contributed by atoms with Crippen molar-refractivity contribution in [3.8, 4) is 11.5 Å². The second kappa shape index (κ2) is 9.28. The minimum atomic E-state index is -0.312. The highest BCUT2D eigenvalue weighted by Crippen LogP contribution is 2.39. The summed E-state index contributed by atoms with van der Waals surface area (Å²) in [6, 6.07) is 5.05. The number of nitrogens with one attached hydrogen (secondary N) is 2. The molecule has 0 aliphatic heterocycles. The molecule has 0 aliphatic rings. The summed E-state index contributed by atoms with van der Waals surface area (Å²) in [5.41, 5.74) is 1.19. The quantitative estimate of drug-likeness (QED) is 0.372. The summed E-state index contributed by atoms with van der Waals surface area (Å²) in [5.74, 6) is 0.973. The van der Waals surface area contributed by atoms with E-state index in [2.05, 4.69) is 20.3 Å². The summed E-state index contributed by atoms with van der Waals surface area (Å²) >= 11 is 12.5. The molecule has 160 valence electrons. The van der Waals surface area contributed by atoms with Gasteiger partial charge in [-0.25, -0.2) is 4.98 Å². The zero-order chi connectivity index (χ0) is 21.8. The van der Waals surface area contributed by atoms with Crippen LogP contribution in [-0.4, -0.2) is 33.2 Å². The number of H-pyrrole nitrogens is 1. The van der Waals surface area contributed by atoms with Crippen LogP contribution in [0.1, 0.15) is 6.42 Å². The molecule has 10 heteroatoms. The van der Waals surface area contributed by atoms with Gasteiger partial charge in [-0.15, -0.1) is 0 Å². The molecule has 0 radical (unpaired) electrons. The minimum Gasteiger partial charge on any atom is -0.493 e. The van der Waals surface area contributed by atoms with E-state index in [1.165, 1.54) is 18.5 Å². The van der Waals surface area contributed by atoms with Gasteiger partial charge >= 0.3 is 0 Å². The number of imidazole rings is 1. The van der Waals surface area contributed by atoms with E-state index >= 15 is 0 Å². The first-order valence-electron chi connectivity index (χ1n) is 9.45. The summed E-state index contributed by atoms with van der Waals surface area (Å²) in [6.45, 7) is 1.19. The lowest BCUT2D eigenvalue weighted by Gasteiger charge is -2.16. The molecule has 4 aromatic rings. The second-order valence-corrected chi connectivity index (χ2v) is 7.49. The first-order valence-corrected chi connectivity index (χ1v) is 10.2. The standard InChI is InChI=1S/C21H19Cl2N5O3/c1-30-17-4-3-13-16(26-20-14(22)10-25-11-15(20)23)9-18(29)27-19(13)21(17)31-8-2-6-28-7-5-24-12-28/h3-5,7,9-12H,2,6,8H2,1H3,(H2,25,26,27,29). The highest BCUT2D eigenvalue weighted by atomic mass is 35.5. The minimum absolute atomic E-state index is 0.312. The van der Waals surface area contributed by atoms with E-state index in [1.807, 2.05) is 16.8 Å². The molecule has 4 rings (SSSR count). The van der Waals surface area contributed by atoms with Crippen molar-refractivity contribution in [2.24, 2.45) is 0 Å². The van der Waals surface area contributed by atoms with Gasteiger partial charge in [-0.2, -0.15) is 0 Å². The van der Waals surface area contributed by atoms with Crippen LogP contribution >= 0.6 is 23.2 Å². The van der Waals surface area contributed by atoms with Gasteiger partial charge in [-0.1, -0.05) is 23.2 Å². The second-order valence-electron chi connectivity index (χ2n) is 6.67. The summed E-state index contributed by atoms with van der Waals surface area (Å²) in [7, 11) is 1.55.